The number of aromatic nitrogens is 1. The first kappa shape index (κ1) is 13.6. The molecule has 0 saturated carbocycles. The number of aryl methyl sites for hydroxylation is 1. The third-order valence-electron chi connectivity index (χ3n) is 3.07. The predicted octanol–water partition coefficient (Wildman–Crippen LogP) is -1.17. The van der Waals surface area contributed by atoms with Crippen molar-refractivity contribution < 1.29 is 23.1 Å². The van der Waals surface area contributed by atoms with E-state index in [-0.39, 0.29) is 23.7 Å². The van der Waals surface area contributed by atoms with Crippen LogP contribution in [0.25, 0.3) is 0 Å². The smallest absolute Gasteiger partial charge is 0.309 e. The lowest BCUT2D eigenvalue weighted by atomic mass is 10.0. The van der Waals surface area contributed by atoms with Gasteiger partial charge in [0.2, 0.25) is 10.0 Å². The van der Waals surface area contributed by atoms with E-state index in [9.17, 15) is 18.0 Å². The zero-order valence-corrected chi connectivity index (χ0v) is 10.9. The molecule has 0 unspecified atom stereocenters. The van der Waals surface area contributed by atoms with E-state index in [4.69, 9.17) is 10.8 Å². The quantitative estimate of drug-likeness (QED) is 0.722. The number of rotatable bonds is 4. The van der Waals surface area contributed by atoms with E-state index in [2.05, 4.69) is 0 Å². The first-order valence-corrected chi connectivity index (χ1v) is 6.86. The van der Waals surface area contributed by atoms with Crippen molar-refractivity contribution in [3.05, 3.63) is 18.0 Å². The summed E-state index contributed by atoms with van der Waals surface area (Å²) in [5.41, 5.74) is 5.19. The van der Waals surface area contributed by atoms with Gasteiger partial charge in [0.25, 0.3) is 5.91 Å². The molecule has 104 valence electrons. The maximum atomic E-state index is 12.1. The van der Waals surface area contributed by atoms with Gasteiger partial charge in [0.1, 0.15) is 10.6 Å². The molecule has 1 aliphatic rings. The van der Waals surface area contributed by atoms with Gasteiger partial charge in [-0.1, -0.05) is 0 Å². The zero-order chi connectivity index (χ0) is 14.4. The van der Waals surface area contributed by atoms with Gasteiger partial charge >= 0.3 is 5.97 Å². The molecule has 0 bridgehead atoms. The van der Waals surface area contributed by atoms with Crippen LogP contribution in [0, 0.1) is 5.92 Å². The molecule has 0 aromatic carbocycles. The van der Waals surface area contributed by atoms with Gasteiger partial charge in [0.15, 0.2) is 0 Å². The van der Waals surface area contributed by atoms with E-state index in [1.807, 2.05) is 0 Å². The van der Waals surface area contributed by atoms with Crippen LogP contribution in [0.2, 0.25) is 0 Å². The minimum absolute atomic E-state index is 0.0571. The van der Waals surface area contributed by atoms with Crippen LogP contribution in [0.15, 0.2) is 17.2 Å². The van der Waals surface area contributed by atoms with Crippen LogP contribution in [0.3, 0.4) is 0 Å². The number of carboxylic acids is 1. The summed E-state index contributed by atoms with van der Waals surface area (Å²) in [6.45, 7) is -0.114. The Balaban J connectivity index is 2.24. The Morgan fingerprint density at radius 1 is 1.42 bits per heavy atom. The molecule has 1 saturated heterocycles. The molecule has 1 aromatic heterocycles. The Kier molecular flexibility index (Phi) is 3.11. The third-order valence-corrected chi connectivity index (χ3v) is 4.86. The van der Waals surface area contributed by atoms with Crippen LogP contribution in [-0.4, -0.2) is 47.4 Å². The Hall–Kier alpha value is -1.87. The first-order valence-electron chi connectivity index (χ1n) is 5.42. The van der Waals surface area contributed by atoms with Gasteiger partial charge in [-0.25, -0.2) is 8.42 Å². The number of carboxylic acid groups (broad SMARTS) is 1. The molecule has 3 N–H and O–H groups in total. The molecule has 0 radical (unpaired) electrons. The average molecular weight is 287 g/mol. The highest BCUT2D eigenvalue weighted by Crippen LogP contribution is 2.26. The van der Waals surface area contributed by atoms with Gasteiger partial charge in [-0.3, -0.25) is 9.59 Å². The van der Waals surface area contributed by atoms with E-state index in [1.54, 1.807) is 0 Å². The minimum atomic E-state index is -3.76. The second-order valence-electron chi connectivity index (χ2n) is 4.39. The second kappa shape index (κ2) is 4.35. The van der Waals surface area contributed by atoms with Gasteiger partial charge in [0.05, 0.1) is 5.92 Å². The maximum Gasteiger partial charge on any atom is 0.309 e. The van der Waals surface area contributed by atoms with Crippen molar-refractivity contribution in [1.82, 2.24) is 8.87 Å². The summed E-state index contributed by atoms with van der Waals surface area (Å²) in [6, 6.07) is 1.19. The van der Waals surface area contributed by atoms with Gasteiger partial charge in [-0.15, -0.1) is 0 Å². The zero-order valence-electron chi connectivity index (χ0n) is 10.1. The van der Waals surface area contributed by atoms with Gasteiger partial charge < -0.3 is 15.4 Å². The number of carbonyl (C=O) groups is 2. The van der Waals surface area contributed by atoms with Gasteiger partial charge in [-0.05, 0) is 6.07 Å². The molecule has 1 aromatic rings. The molecule has 2 rings (SSSR count). The molecule has 1 fully saturated rings. The molecule has 1 aliphatic heterocycles. The van der Waals surface area contributed by atoms with Crippen molar-refractivity contribution in [2.24, 2.45) is 18.7 Å². The van der Waals surface area contributed by atoms with E-state index >= 15 is 0 Å². The summed E-state index contributed by atoms with van der Waals surface area (Å²) >= 11 is 0. The highest BCUT2D eigenvalue weighted by molar-refractivity contribution is 7.89. The fourth-order valence-electron chi connectivity index (χ4n) is 1.86. The number of amides is 1. The van der Waals surface area contributed by atoms with E-state index in [0.717, 1.165) is 4.31 Å². The number of hydrogen-bond acceptors (Lipinski definition) is 4. The van der Waals surface area contributed by atoms with Crippen LogP contribution < -0.4 is 5.73 Å². The molecule has 9 heteroatoms. The summed E-state index contributed by atoms with van der Waals surface area (Å²) in [5.74, 6) is -2.41. The first-order chi connectivity index (χ1) is 8.73. The summed E-state index contributed by atoms with van der Waals surface area (Å²) in [5, 5.41) is 8.72. The Morgan fingerprint density at radius 2 is 2.00 bits per heavy atom. The molecule has 1 amide bonds. The maximum absolute atomic E-state index is 12.1. The minimum Gasteiger partial charge on any atom is -0.481 e. The lowest BCUT2D eigenvalue weighted by molar-refractivity contribution is -0.145. The lowest BCUT2D eigenvalue weighted by Crippen LogP contribution is -2.52. The fourth-order valence-corrected chi connectivity index (χ4v) is 3.46. The van der Waals surface area contributed by atoms with Crippen molar-refractivity contribution in [3.63, 3.8) is 0 Å². The lowest BCUT2D eigenvalue weighted by Gasteiger charge is -2.34. The number of nitrogens with zero attached hydrogens (tertiary/aromatic N) is 2. The summed E-state index contributed by atoms with van der Waals surface area (Å²) in [4.78, 5) is 21.7. The molecule has 0 atom stereocenters. The highest BCUT2D eigenvalue weighted by atomic mass is 32.2. The Morgan fingerprint density at radius 3 is 2.42 bits per heavy atom. The second-order valence-corrected chi connectivity index (χ2v) is 6.33. The fraction of sp³-hybridized carbons (Fsp3) is 0.400. The SMILES string of the molecule is Cn1cc(S(=O)(=O)N2CC(C(=O)O)C2)cc1C(N)=O. The van der Waals surface area contributed by atoms with E-state index < -0.39 is 27.8 Å². The molecule has 0 aliphatic carbocycles. The molecule has 19 heavy (non-hydrogen) atoms. The molecular weight excluding hydrogens is 274 g/mol. The number of primary amides is 1. The van der Waals surface area contributed by atoms with Crippen LogP contribution in [0.1, 0.15) is 10.5 Å². The Labute approximate surface area is 109 Å². The molecular formula is C10H13N3O5S. The molecule has 2 heterocycles. The summed E-state index contributed by atoms with van der Waals surface area (Å²) < 4.78 is 26.7. The average Bonchev–Trinajstić information content (AvgIpc) is 2.57. The summed E-state index contributed by atoms with van der Waals surface area (Å²) in [6.07, 6.45) is 1.28. The number of sulfonamides is 1. The van der Waals surface area contributed by atoms with E-state index in [1.165, 1.54) is 23.9 Å². The predicted molar refractivity (Wildman–Crippen MR) is 63.8 cm³/mol. The topological polar surface area (TPSA) is 123 Å². The monoisotopic (exact) mass is 287 g/mol. The largest absolute Gasteiger partial charge is 0.481 e. The number of aliphatic carboxylic acids is 1. The number of nitrogens with two attached hydrogens (primary N) is 1. The normalized spacial score (nSPS) is 17.1. The van der Waals surface area contributed by atoms with Crippen LogP contribution in [0.5, 0.6) is 0 Å². The molecule has 8 nitrogen and oxygen atoms in total. The van der Waals surface area contributed by atoms with Crippen LogP contribution in [-0.2, 0) is 21.9 Å². The van der Waals surface area contributed by atoms with Crippen LogP contribution >= 0.6 is 0 Å². The van der Waals surface area contributed by atoms with Crippen molar-refractivity contribution in [3.8, 4) is 0 Å². The number of carbonyl (C=O) groups excluding carboxylic acids is 1. The van der Waals surface area contributed by atoms with Gasteiger partial charge in [-0.2, -0.15) is 4.31 Å². The third kappa shape index (κ3) is 2.22. The van der Waals surface area contributed by atoms with Gasteiger partial charge in [0, 0.05) is 26.3 Å². The van der Waals surface area contributed by atoms with Crippen molar-refractivity contribution in [2.75, 3.05) is 13.1 Å². The standard InChI is InChI=1S/C10H13N3O5S/c1-12-5-7(2-8(12)9(11)14)19(17,18)13-3-6(4-13)10(15)16/h2,5-6H,3-4H2,1H3,(H2,11,14)(H,15,16). The van der Waals surface area contributed by atoms with Crippen molar-refractivity contribution in [2.45, 2.75) is 4.90 Å². The van der Waals surface area contributed by atoms with Crippen LogP contribution in [0.4, 0.5) is 0 Å². The number of hydrogen-bond donors (Lipinski definition) is 2. The molecule has 0 spiro atoms. The van der Waals surface area contributed by atoms with Crippen molar-refractivity contribution in [1.29, 1.82) is 0 Å². The Bertz CT molecular complexity index is 642. The summed E-state index contributed by atoms with van der Waals surface area (Å²) in [7, 11) is -2.25. The highest BCUT2D eigenvalue weighted by Gasteiger charge is 2.41. The van der Waals surface area contributed by atoms with E-state index in [0.29, 0.717) is 0 Å². The van der Waals surface area contributed by atoms with Crippen molar-refractivity contribution >= 4 is 21.9 Å².